The Kier molecular flexibility index (Phi) is 4.34. The molecule has 2 saturated heterocycles. The summed E-state index contributed by atoms with van der Waals surface area (Å²) in [6.07, 6.45) is -0.314. The van der Waals surface area contributed by atoms with Crippen molar-refractivity contribution in [1.82, 2.24) is 4.98 Å². The van der Waals surface area contributed by atoms with Gasteiger partial charge in [-0.05, 0) is 23.3 Å². The molecule has 0 amide bonds. The number of morpholine rings is 1. The minimum atomic E-state index is -0.314. The molecule has 24 heavy (non-hydrogen) atoms. The summed E-state index contributed by atoms with van der Waals surface area (Å²) in [4.78, 5) is 17.2. The van der Waals surface area contributed by atoms with Crippen LogP contribution in [0.25, 0.3) is 11.1 Å². The van der Waals surface area contributed by atoms with E-state index in [1.807, 2.05) is 30.3 Å². The van der Waals surface area contributed by atoms with Gasteiger partial charge in [-0.15, -0.1) is 0 Å². The Bertz CT molecular complexity index is 762. The molecule has 0 bridgehead atoms. The van der Waals surface area contributed by atoms with Crippen LogP contribution in [0.15, 0.2) is 41.2 Å². The Hall–Kier alpha value is -2.15. The van der Waals surface area contributed by atoms with Gasteiger partial charge in [-0.2, -0.15) is 0 Å². The zero-order chi connectivity index (χ0) is 16.4. The van der Waals surface area contributed by atoms with E-state index in [1.165, 1.54) is 0 Å². The van der Waals surface area contributed by atoms with Gasteiger partial charge in [0.25, 0.3) is 0 Å². The quantitative estimate of drug-likeness (QED) is 0.933. The topological polar surface area (TPSA) is 63.8 Å². The first kappa shape index (κ1) is 15.4. The summed E-state index contributed by atoms with van der Waals surface area (Å²) in [6.45, 7) is 4.14. The molecule has 0 aliphatic carbocycles. The first-order valence-corrected chi connectivity index (χ1v) is 8.20. The number of nitrogens with zero attached hydrogens (tertiary/aromatic N) is 1. The van der Waals surface area contributed by atoms with Crippen molar-refractivity contribution < 1.29 is 14.2 Å². The van der Waals surface area contributed by atoms with Crippen LogP contribution in [-0.4, -0.2) is 44.5 Å². The first-order valence-electron chi connectivity index (χ1n) is 8.20. The van der Waals surface area contributed by atoms with Crippen LogP contribution in [0.5, 0.6) is 0 Å². The molecule has 126 valence electrons. The summed E-state index contributed by atoms with van der Waals surface area (Å²) in [5.41, 5.74) is 2.73. The fourth-order valence-corrected chi connectivity index (χ4v) is 3.09. The number of ether oxygens (including phenoxy) is 3. The van der Waals surface area contributed by atoms with Gasteiger partial charge < -0.3 is 24.1 Å². The van der Waals surface area contributed by atoms with Crippen LogP contribution in [0.2, 0.25) is 0 Å². The standard InChI is InChI=1S/C18H20N2O4/c21-17-12-15(11-16(19-17)20-4-6-22-7-5-20)13-2-1-3-14(10-13)18-23-8-9-24-18/h1-3,10-12,18H,4-9H2,(H,19,21). The van der Waals surface area contributed by atoms with Crippen molar-refractivity contribution in [2.45, 2.75) is 6.29 Å². The lowest BCUT2D eigenvalue weighted by Gasteiger charge is -2.28. The van der Waals surface area contributed by atoms with E-state index in [4.69, 9.17) is 14.2 Å². The van der Waals surface area contributed by atoms with Crippen LogP contribution in [0, 0.1) is 0 Å². The molecule has 1 N–H and O–H groups in total. The summed E-state index contributed by atoms with van der Waals surface area (Å²) in [7, 11) is 0. The molecule has 1 aromatic carbocycles. The van der Waals surface area contributed by atoms with Gasteiger partial charge in [-0.3, -0.25) is 4.79 Å². The van der Waals surface area contributed by atoms with Gasteiger partial charge in [0, 0.05) is 24.7 Å². The molecule has 1 aromatic heterocycles. The van der Waals surface area contributed by atoms with Crippen molar-refractivity contribution in [1.29, 1.82) is 0 Å². The normalized spacial score (nSPS) is 18.9. The van der Waals surface area contributed by atoms with Crippen molar-refractivity contribution in [3.05, 3.63) is 52.3 Å². The van der Waals surface area contributed by atoms with Gasteiger partial charge in [-0.1, -0.05) is 18.2 Å². The molecule has 0 unspecified atom stereocenters. The second-order valence-electron chi connectivity index (χ2n) is 5.92. The highest BCUT2D eigenvalue weighted by Gasteiger charge is 2.19. The predicted molar refractivity (Wildman–Crippen MR) is 90.2 cm³/mol. The smallest absolute Gasteiger partial charge is 0.250 e. The van der Waals surface area contributed by atoms with Gasteiger partial charge in [0.15, 0.2) is 6.29 Å². The number of hydrogen-bond acceptors (Lipinski definition) is 5. The van der Waals surface area contributed by atoms with Gasteiger partial charge in [0.2, 0.25) is 5.56 Å². The van der Waals surface area contributed by atoms with E-state index in [-0.39, 0.29) is 11.8 Å². The fourth-order valence-electron chi connectivity index (χ4n) is 3.09. The summed E-state index contributed by atoms with van der Waals surface area (Å²) in [5, 5.41) is 0. The highest BCUT2D eigenvalue weighted by Crippen LogP contribution is 2.28. The zero-order valence-corrected chi connectivity index (χ0v) is 13.4. The van der Waals surface area contributed by atoms with Crippen LogP contribution in [0.1, 0.15) is 11.9 Å². The molecule has 6 nitrogen and oxygen atoms in total. The number of aromatic amines is 1. The third-order valence-electron chi connectivity index (χ3n) is 4.30. The molecular formula is C18H20N2O4. The molecular weight excluding hydrogens is 308 g/mol. The van der Waals surface area contributed by atoms with Crippen molar-refractivity contribution in [3.63, 3.8) is 0 Å². The molecule has 2 fully saturated rings. The summed E-state index contributed by atoms with van der Waals surface area (Å²) in [5.74, 6) is 0.833. The Morgan fingerprint density at radius 1 is 0.958 bits per heavy atom. The third kappa shape index (κ3) is 3.21. The molecule has 0 radical (unpaired) electrons. The summed E-state index contributed by atoms with van der Waals surface area (Å²) >= 11 is 0. The first-order chi connectivity index (χ1) is 11.8. The molecule has 0 atom stereocenters. The van der Waals surface area contributed by atoms with E-state index in [0.717, 1.165) is 35.6 Å². The number of rotatable bonds is 3. The van der Waals surface area contributed by atoms with Crippen molar-refractivity contribution in [2.24, 2.45) is 0 Å². The molecule has 2 aromatic rings. The summed E-state index contributed by atoms with van der Waals surface area (Å²) in [6, 6.07) is 11.6. The molecule has 6 heteroatoms. The maximum Gasteiger partial charge on any atom is 0.250 e. The van der Waals surface area contributed by atoms with E-state index in [1.54, 1.807) is 6.07 Å². The lowest BCUT2D eigenvalue weighted by molar-refractivity contribution is -0.0440. The number of nitrogens with one attached hydrogen (secondary N) is 1. The summed E-state index contributed by atoms with van der Waals surface area (Å²) < 4.78 is 16.5. The van der Waals surface area contributed by atoms with Gasteiger partial charge in [0.1, 0.15) is 5.82 Å². The minimum absolute atomic E-state index is 0.104. The van der Waals surface area contributed by atoms with Gasteiger partial charge in [0.05, 0.1) is 26.4 Å². The molecule has 0 saturated carbocycles. The van der Waals surface area contributed by atoms with Crippen LogP contribution in [0.3, 0.4) is 0 Å². The van der Waals surface area contributed by atoms with Crippen LogP contribution in [-0.2, 0) is 14.2 Å². The Morgan fingerprint density at radius 2 is 1.75 bits per heavy atom. The highest BCUT2D eigenvalue weighted by molar-refractivity contribution is 5.67. The maximum absolute atomic E-state index is 12.1. The molecule has 0 spiro atoms. The van der Waals surface area contributed by atoms with E-state index in [9.17, 15) is 4.79 Å². The van der Waals surface area contributed by atoms with E-state index < -0.39 is 0 Å². The fraction of sp³-hybridized carbons (Fsp3) is 0.389. The lowest BCUT2D eigenvalue weighted by Crippen LogP contribution is -2.37. The third-order valence-corrected chi connectivity index (χ3v) is 4.30. The second-order valence-corrected chi connectivity index (χ2v) is 5.92. The van der Waals surface area contributed by atoms with Crippen LogP contribution >= 0.6 is 0 Å². The molecule has 4 rings (SSSR count). The van der Waals surface area contributed by atoms with Crippen LogP contribution in [0.4, 0.5) is 5.82 Å². The largest absolute Gasteiger partial charge is 0.378 e. The van der Waals surface area contributed by atoms with Gasteiger partial charge >= 0.3 is 0 Å². The monoisotopic (exact) mass is 328 g/mol. The van der Waals surface area contributed by atoms with Crippen LogP contribution < -0.4 is 10.5 Å². The Balaban J connectivity index is 1.67. The number of aromatic nitrogens is 1. The number of H-pyrrole nitrogens is 1. The van der Waals surface area contributed by atoms with Gasteiger partial charge in [-0.25, -0.2) is 0 Å². The number of pyridine rings is 1. The SMILES string of the molecule is O=c1cc(-c2cccc(C3OCCO3)c2)cc(N2CCOCC2)[nH]1. The second kappa shape index (κ2) is 6.76. The minimum Gasteiger partial charge on any atom is -0.378 e. The van der Waals surface area contributed by atoms with E-state index in [2.05, 4.69) is 9.88 Å². The molecule has 3 heterocycles. The van der Waals surface area contributed by atoms with Crippen molar-refractivity contribution in [2.75, 3.05) is 44.4 Å². The average molecular weight is 328 g/mol. The Morgan fingerprint density at radius 3 is 2.54 bits per heavy atom. The maximum atomic E-state index is 12.1. The van der Waals surface area contributed by atoms with Crippen molar-refractivity contribution in [3.8, 4) is 11.1 Å². The average Bonchev–Trinajstić information content (AvgIpc) is 3.17. The Labute approximate surface area is 140 Å². The lowest BCUT2D eigenvalue weighted by atomic mass is 10.0. The highest BCUT2D eigenvalue weighted by atomic mass is 16.7. The molecule has 2 aliphatic rings. The number of anilines is 1. The number of hydrogen-bond donors (Lipinski definition) is 1. The molecule has 2 aliphatic heterocycles. The van der Waals surface area contributed by atoms with E-state index >= 15 is 0 Å². The van der Waals surface area contributed by atoms with Crippen molar-refractivity contribution >= 4 is 5.82 Å². The predicted octanol–water partition coefficient (Wildman–Crippen LogP) is 1.92. The van der Waals surface area contributed by atoms with E-state index in [0.29, 0.717) is 26.4 Å². The number of benzene rings is 1. The zero-order valence-electron chi connectivity index (χ0n) is 13.4.